The number of hydrogen-bond donors (Lipinski definition) is 2. The molecule has 7 heteroatoms. The number of benzene rings is 1. The molecule has 0 unspecified atom stereocenters. The molecule has 0 aliphatic heterocycles. The van der Waals surface area contributed by atoms with Gasteiger partial charge in [0.2, 0.25) is 5.95 Å². The Balaban J connectivity index is 2.01. The van der Waals surface area contributed by atoms with Gasteiger partial charge >= 0.3 is 0 Å². The van der Waals surface area contributed by atoms with E-state index in [4.69, 9.17) is 11.6 Å². The molecule has 1 aromatic heterocycles. The zero-order valence-electron chi connectivity index (χ0n) is 11.9. The lowest BCUT2D eigenvalue weighted by Crippen LogP contribution is -2.09. The van der Waals surface area contributed by atoms with E-state index in [9.17, 15) is 4.39 Å². The number of anilines is 3. The molecule has 0 bridgehead atoms. The van der Waals surface area contributed by atoms with Crippen molar-refractivity contribution in [2.45, 2.75) is 20.3 Å². The molecule has 2 aromatic rings. The second-order valence-corrected chi connectivity index (χ2v) is 5.44. The summed E-state index contributed by atoms with van der Waals surface area (Å²) in [5.41, 5.74) is 0.634. The third-order valence-corrected chi connectivity index (χ3v) is 3.05. The van der Waals surface area contributed by atoms with Gasteiger partial charge in [-0.2, -0.15) is 10.1 Å². The van der Waals surface area contributed by atoms with Gasteiger partial charge in [0.05, 0.1) is 11.2 Å². The maximum atomic E-state index is 13.1. The third kappa shape index (κ3) is 4.82. The molecule has 0 amide bonds. The van der Waals surface area contributed by atoms with Crippen LogP contribution < -0.4 is 10.6 Å². The normalized spacial score (nSPS) is 10.7. The van der Waals surface area contributed by atoms with E-state index >= 15 is 0 Å². The molecule has 0 atom stereocenters. The van der Waals surface area contributed by atoms with Gasteiger partial charge in [0.1, 0.15) is 5.82 Å². The van der Waals surface area contributed by atoms with Gasteiger partial charge in [-0.05, 0) is 30.5 Å². The first kappa shape index (κ1) is 15.4. The Morgan fingerprint density at radius 3 is 2.86 bits per heavy atom. The van der Waals surface area contributed by atoms with Crippen molar-refractivity contribution < 1.29 is 4.39 Å². The van der Waals surface area contributed by atoms with Crippen LogP contribution in [-0.2, 0) is 0 Å². The highest BCUT2D eigenvalue weighted by molar-refractivity contribution is 6.31. The first-order chi connectivity index (χ1) is 10.0. The van der Waals surface area contributed by atoms with Crippen LogP contribution in [0.25, 0.3) is 0 Å². The Labute approximate surface area is 128 Å². The van der Waals surface area contributed by atoms with Gasteiger partial charge in [0.25, 0.3) is 0 Å². The second-order valence-electron chi connectivity index (χ2n) is 5.03. The lowest BCUT2D eigenvalue weighted by Gasteiger charge is -2.09. The van der Waals surface area contributed by atoms with E-state index in [-0.39, 0.29) is 5.02 Å². The topological polar surface area (TPSA) is 62.7 Å². The fraction of sp³-hybridized carbons (Fsp3) is 0.357. The number of rotatable bonds is 6. The van der Waals surface area contributed by atoms with Gasteiger partial charge in [-0.25, -0.2) is 4.39 Å². The summed E-state index contributed by atoms with van der Waals surface area (Å²) in [5, 5.41) is 14.0. The fourth-order valence-electron chi connectivity index (χ4n) is 1.63. The first-order valence-electron chi connectivity index (χ1n) is 6.70. The molecular formula is C14H17ClFN5. The smallest absolute Gasteiger partial charge is 0.244 e. The molecule has 112 valence electrons. The lowest BCUT2D eigenvalue weighted by molar-refractivity contribution is 0.605. The summed E-state index contributed by atoms with van der Waals surface area (Å²) in [7, 11) is 0. The molecule has 0 saturated carbocycles. The predicted molar refractivity (Wildman–Crippen MR) is 82.5 cm³/mol. The summed E-state index contributed by atoms with van der Waals surface area (Å²) >= 11 is 5.73. The Morgan fingerprint density at radius 2 is 2.14 bits per heavy atom. The minimum absolute atomic E-state index is 0.0531. The number of nitrogens with zero attached hydrogens (tertiary/aromatic N) is 3. The highest BCUT2D eigenvalue weighted by Gasteiger charge is 2.04. The molecule has 0 aliphatic carbocycles. The van der Waals surface area contributed by atoms with Crippen LogP contribution in [0.1, 0.15) is 20.3 Å². The highest BCUT2D eigenvalue weighted by atomic mass is 35.5. The predicted octanol–water partition coefficient (Wildman–Crippen LogP) is 3.87. The summed E-state index contributed by atoms with van der Waals surface area (Å²) in [4.78, 5) is 4.28. The number of halogens is 2. The van der Waals surface area contributed by atoms with E-state index in [1.165, 1.54) is 18.3 Å². The molecule has 0 saturated heterocycles. The van der Waals surface area contributed by atoms with Crippen molar-refractivity contribution in [3.63, 3.8) is 0 Å². The van der Waals surface area contributed by atoms with Gasteiger partial charge in [-0.1, -0.05) is 25.4 Å². The van der Waals surface area contributed by atoms with Crippen LogP contribution in [0.4, 0.5) is 21.8 Å². The van der Waals surface area contributed by atoms with Crippen LogP contribution in [0.15, 0.2) is 24.4 Å². The molecular weight excluding hydrogens is 293 g/mol. The van der Waals surface area contributed by atoms with Gasteiger partial charge in [-0.15, -0.1) is 5.10 Å². The van der Waals surface area contributed by atoms with Crippen LogP contribution in [0, 0.1) is 11.7 Å². The van der Waals surface area contributed by atoms with Crippen LogP contribution in [0.5, 0.6) is 0 Å². The van der Waals surface area contributed by atoms with E-state index in [0.29, 0.717) is 23.4 Å². The SMILES string of the molecule is CC(C)CCNc1nncc(Nc2ccc(F)c(Cl)c2)n1. The van der Waals surface area contributed by atoms with Gasteiger partial charge in [0, 0.05) is 12.2 Å². The third-order valence-electron chi connectivity index (χ3n) is 2.76. The van der Waals surface area contributed by atoms with Crippen molar-refractivity contribution >= 4 is 29.1 Å². The van der Waals surface area contributed by atoms with Crippen molar-refractivity contribution in [3.05, 3.63) is 35.2 Å². The van der Waals surface area contributed by atoms with Crippen molar-refractivity contribution in [2.24, 2.45) is 5.92 Å². The molecule has 5 nitrogen and oxygen atoms in total. The van der Waals surface area contributed by atoms with Crippen molar-refractivity contribution in [3.8, 4) is 0 Å². The quantitative estimate of drug-likeness (QED) is 0.848. The Hall–Kier alpha value is -1.95. The molecule has 0 fully saturated rings. The number of hydrogen-bond acceptors (Lipinski definition) is 5. The van der Waals surface area contributed by atoms with Crippen LogP contribution >= 0.6 is 11.6 Å². The molecule has 21 heavy (non-hydrogen) atoms. The zero-order valence-corrected chi connectivity index (χ0v) is 12.7. The lowest BCUT2D eigenvalue weighted by atomic mass is 10.1. The largest absolute Gasteiger partial charge is 0.353 e. The second kappa shape index (κ2) is 7.17. The molecule has 2 rings (SSSR count). The number of nitrogens with one attached hydrogen (secondary N) is 2. The van der Waals surface area contributed by atoms with Gasteiger partial charge in [0.15, 0.2) is 5.82 Å². The van der Waals surface area contributed by atoms with Crippen LogP contribution in [0.2, 0.25) is 5.02 Å². The Kier molecular flexibility index (Phi) is 5.27. The highest BCUT2D eigenvalue weighted by Crippen LogP contribution is 2.21. The zero-order chi connectivity index (χ0) is 15.2. The fourth-order valence-corrected chi connectivity index (χ4v) is 1.81. The first-order valence-corrected chi connectivity index (χ1v) is 7.08. The summed E-state index contributed by atoms with van der Waals surface area (Å²) in [6.07, 6.45) is 2.51. The maximum Gasteiger partial charge on any atom is 0.244 e. The van der Waals surface area contributed by atoms with Crippen molar-refractivity contribution in [2.75, 3.05) is 17.2 Å². The van der Waals surface area contributed by atoms with E-state index in [1.54, 1.807) is 6.07 Å². The minimum Gasteiger partial charge on any atom is -0.353 e. The summed E-state index contributed by atoms with van der Waals surface area (Å²) < 4.78 is 13.1. The molecule has 0 radical (unpaired) electrons. The summed E-state index contributed by atoms with van der Waals surface area (Å²) in [6.45, 7) is 5.08. The van der Waals surface area contributed by atoms with Gasteiger partial charge in [-0.3, -0.25) is 0 Å². The van der Waals surface area contributed by atoms with Gasteiger partial charge < -0.3 is 10.6 Å². The Morgan fingerprint density at radius 1 is 1.33 bits per heavy atom. The van der Waals surface area contributed by atoms with Crippen LogP contribution in [0.3, 0.4) is 0 Å². The maximum absolute atomic E-state index is 13.1. The van der Waals surface area contributed by atoms with Crippen LogP contribution in [-0.4, -0.2) is 21.7 Å². The minimum atomic E-state index is -0.459. The summed E-state index contributed by atoms with van der Waals surface area (Å²) in [5.74, 6) is 1.11. The average Bonchev–Trinajstić information content (AvgIpc) is 2.43. The molecule has 0 spiro atoms. The number of aromatic nitrogens is 3. The standard InChI is InChI=1S/C14H17ClFN5/c1-9(2)5-6-17-14-20-13(8-18-21-14)19-10-3-4-12(16)11(15)7-10/h3-4,7-9H,5-6H2,1-2H3,(H2,17,19,20,21). The molecule has 2 N–H and O–H groups in total. The van der Waals surface area contributed by atoms with Crippen molar-refractivity contribution in [1.29, 1.82) is 0 Å². The van der Waals surface area contributed by atoms with E-state index in [2.05, 4.69) is 39.7 Å². The molecule has 0 aliphatic rings. The Bertz CT molecular complexity index is 606. The molecule has 1 heterocycles. The van der Waals surface area contributed by atoms with E-state index < -0.39 is 5.82 Å². The van der Waals surface area contributed by atoms with Crippen molar-refractivity contribution in [1.82, 2.24) is 15.2 Å². The van der Waals surface area contributed by atoms with E-state index in [1.807, 2.05) is 0 Å². The van der Waals surface area contributed by atoms with E-state index in [0.717, 1.165) is 13.0 Å². The summed E-state index contributed by atoms with van der Waals surface area (Å²) in [6, 6.07) is 4.36. The molecule has 1 aromatic carbocycles. The average molecular weight is 310 g/mol. The monoisotopic (exact) mass is 309 g/mol.